The summed E-state index contributed by atoms with van der Waals surface area (Å²) in [6.07, 6.45) is 5.10. The highest BCUT2D eigenvalue weighted by Gasteiger charge is 2.29. The SMILES string of the molecule is Cn1nc([C@H]2CCCN(C(=O)COc3ccccc3F)C2)c2nccnc21. The highest BCUT2D eigenvalue weighted by atomic mass is 19.1. The Morgan fingerprint density at radius 1 is 1.30 bits per heavy atom. The Labute approximate surface area is 155 Å². The van der Waals surface area contributed by atoms with Gasteiger partial charge in [-0.2, -0.15) is 5.10 Å². The molecule has 0 unspecified atom stereocenters. The summed E-state index contributed by atoms with van der Waals surface area (Å²) in [5.74, 6) is -0.448. The van der Waals surface area contributed by atoms with Crippen LogP contribution in [-0.4, -0.2) is 50.3 Å². The summed E-state index contributed by atoms with van der Waals surface area (Å²) >= 11 is 0. The smallest absolute Gasteiger partial charge is 0.260 e. The van der Waals surface area contributed by atoms with Crippen LogP contribution in [0.25, 0.3) is 11.2 Å². The van der Waals surface area contributed by atoms with E-state index in [4.69, 9.17) is 4.74 Å². The van der Waals surface area contributed by atoms with Crippen molar-refractivity contribution in [3.63, 3.8) is 0 Å². The summed E-state index contributed by atoms with van der Waals surface area (Å²) in [7, 11) is 1.84. The van der Waals surface area contributed by atoms with Crippen molar-refractivity contribution < 1.29 is 13.9 Å². The maximum absolute atomic E-state index is 13.6. The largest absolute Gasteiger partial charge is 0.481 e. The molecule has 2 aromatic heterocycles. The molecule has 8 heteroatoms. The van der Waals surface area contributed by atoms with Crippen molar-refractivity contribution in [2.24, 2.45) is 7.05 Å². The molecule has 1 amide bonds. The first-order chi connectivity index (χ1) is 13.1. The topological polar surface area (TPSA) is 73.1 Å². The first-order valence-electron chi connectivity index (χ1n) is 8.92. The number of nitrogens with zero attached hydrogens (tertiary/aromatic N) is 5. The summed E-state index contributed by atoms with van der Waals surface area (Å²) in [5, 5.41) is 4.59. The second kappa shape index (κ2) is 7.30. The number of hydrogen-bond donors (Lipinski definition) is 0. The van der Waals surface area contributed by atoms with Crippen LogP contribution in [0.5, 0.6) is 5.75 Å². The molecule has 1 aromatic carbocycles. The van der Waals surface area contributed by atoms with E-state index < -0.39 is 5.82 Å². The predicted octanol–water partition coefficient (Wildman–Crippen LogP) is 2.29. The first-order valence-corrected chi connectivity index (χ1v) is 8.92. The molecular weight excluding hydrogens is 349 g/mol. The van der Waals surface area contributed by atoms with Crippen LogP contribution < -0.4 is 4.74 Å². The van der Waals surface area contributed by atoms with Crippen molar-refractivity contribution >= 4 is 17.1 Å². The zero-order valence-corrected chi connectivity index (χ0v) is 15.0. The Hall–Kier alpha value is -3.03. The minimum Gasteiger partial charge on any atom is -0.481 e. The Balaban J connectivity index is 1.46. The number of carbonyl (C=O) groups is 1. The number of para-hydroxylation sites is 1. The van der Waals surface area contributed by atoms with Crippen molar-refractivity contribution in [3.8, 4) is 5.75 Å². The lowest BCUT2D eigenvalue weighted by Crippen LogP contribution is -2.41. The molecule has 7 nitrogen and oxygen atoms in total. The molecule has 0 aliphatic carbocycles. The number of halogens is 1. The standard InChI is InChI=1S/C19H20FN5O2/c1-24-19-18(21-8-9-22-19)17(23-24)13-5-4-10-25(11-13)16(26)12-27-15-7-3-2-6-14(15)20/h2-3,6-9,13H,4-5,10-12H2,1H3/t13-/m0/s1. The number of likely N-dealkylation sites (tertiary alicyclic amines) is 1. The molecule has 0 radical (unpaired) electrons. The van der Waals surface area contributed by atoms with Gasteiger partial charge in [-0.05, 0) is 25.0 Å². The van der Waals surface area contributed by atoms with Crippen LogP contribution in [0.2, 0.25) is 0 Å². The van der Waals surface area contributed by atoms with Gasteiger partial charge in [0.2, 0.25) is 0 Å². The van der Waals surface area contributed by atoms with Crippen LogP contribution in [0.3, 0.4) is 0 Å². The van der Waals surface area contributed by atoms with Gasteiger partial charge in [-0.1, -0.05) is 12.1 Å². The molecule has 3 heterocycles. The number of ether oxygens (including phenoxy) is 1. The van der Waals surface area contributed by atoms with Gasteiger partial charge >= 0.3 is 0 Å². The molecule has 0 saturated carbocycles. The second-order valence-electron chi connectivity index (χ2n) is 6.64. The zero-order valence-electron chi connectivity index (χ0n) is 15.0. The third-order valence-corrected chi connectivity index (χ3v) is 4.83. The van der Waals surface area contributed by atoms with Gasteiger partial charge in [-0.3, -0.25) is 4.79 Å². The van der Waals surface area contributed by atoms with Gasteiger partial charge in [0, 0.05) is 38.4 Å². The van der Waals surface area contributed by atoms with Crippen LogP contribution >= 0.6 is 0 Å². The fourth-order valence-electron chi connectivity index (χ4n) is 3.50. The summed E-state index contributed by atoms with van der Waals surface area (Å²) in [4.78, 5) is 23.0. The fraction of sp³-hybridized carbons (Fsp3) is 0.368. The van der Waals surface area contributed by atoms with Crippen LogP contribution in [-0.2, 0) is 11.8 Å². The molecule has 1 aliphatic rings. The Bertz CT molecular complexity index is 974. The van der Waals surface area contributed by atoms with E-state index in [-0.39, 0.29) is 24.2 Å². The number of rotatable bonds is 4. The molecule has 27 heavy (non-hydrogen) atoms. The van der Waals surface area contributed by atoms with E-state index in [9.17, 15) is 9.18 Å². The van der Waals surface area contributed by atoms with Crippen LogP contribution in [0, 0.1) is 5.82 Å². The maximum atomic E-state index is 13.6. The first kappa shape index (κ1) is 17.4. The summed E-state index contributed by atoms with van der Waals surface area (Å²) in [5.41, 5.74) is 2.38. The Morgan fingerprint density at radius 3 is 2.96 bits per heavy atom. The molecule has 1 saturated heterocycles. The number of hydrogen-bond acceptors (Lipinski definition) is 5. The van der Waals surface area contributed by atoms with E-state index in [1.165, 1.54) is 12.1 Å². The molecule has 3 aromatic rings. The van der Waals surface area contributed by atoms with Crippen molar-refractivity contribution in [1.82, 2.24) is 24.6 Å². The number of aromatic nitrogens is 4. The number of carbonyl (C=O) groups excluding carboxylic acids is 1. The van der Waals surface area contributed by atoms with Crippen molar-refractivity contribution in [3.05, 3.63) is 48.2 Å². The van der Waals surface area contributed by atoms with Gasteiger partial charge in [0.25, 0.3) is 5.91 Å². The Morgan fingerprint density at radius 2 is 2.11 bits per heavy atom. The molecule has 4 rings (SSSR count). The summed E-state index contributed by atoms with van der Waals surface area (Å²) in [6.45, 7) is 1.02. The van der Waals surface area contributed by atoms with Gasteiger partial charge in [-0.25, -0.2) is 19.0 Å². The molecule has 1 aliphatic heterocycles. The van der Waals surface area contributed by atoms with Gasteiger partial charge in [0.1, 0.15) is 5.52 Å². The number of benzene rings is 1. The van der Waals surface area contributed by atoms with Gasteiger partial charge < -0.3 is 9.64 Å². The molecular formula is C19H20FN5O2. The highest BCUT2D eigenvalue weighted by Crippen LogP contribution is 2.29. The average molecular weight is 369 g/mol. The normalized spacial score (nSPS) is 17.3. The zero-order chi connectivity index (χ0) is 18.8. The van der Waals surface area contributed by atoms with Crippen LogP contribution in [0.15, 0.2) is 36.7 Å². The van der Waals surface area contributed by atoms with E-state index in [0.29, 0.717) is 13.1 Å². The monoisotopic (exact) mass is 369 g/mol. The average Bonchev–Trinajstić information content (AvgIpc) is 3.04. The Kier molecular flexibility index (Phi) is 4.70. The minimum atomic E-state index is -0.472. The summed E-state index contributed by atoms with van der Waals surface area (Å²) < 4.78 is 20.7. The fourth-order valence-corrected chi connectivity index (χ4v) is 3.50. The third-order valence-electron chi connectivity index (χ3n) is 4.83. The third kappa shape index (κ3) is 3.47. The molecule has 0 spiro atoms. The predicted molar refractivity (Wildman–Crippen MR) is 96.8 cm³/mol. The van der Waals surface area contributed by atoms with E-state index in [0.717, 1.165) is 29.7 Å². The van der Waals surface area contributed by atoms with Gasteiger partial charge in [0.05, 0.1) is 5.69 Å². The van der Waals surface area contributed by atoms with Gasteiger partial charge in [-0.15, -0.1) is 0 Å². The lowest BCUT2D eigenvalue weighted by molar-refractivity contribution is -0.134. The summed E-state index contributed by atoms with van der Waals surface area (Å²) in [6, 6.07) is 6.08. The lowest BCUT2D eigenvalue weighted by Gasteiger charge is -2.32. The van der Waals surface area contributed by atoms with Crippen LogP contribution in [0.4, 0.5) is 4.39 Å². The van der Waals surface area contributed by atoms with E-state index in [1.54, 1.807) is 34.1 Å². The van der Waals surface area contributed by atoms with Crippen molar-refractivity contribution in [2.75, 3.05) is 19.7 Å². The van der Waals surface area contributed by atoms with Crippen molar-refractivity contribution in [2.45, 2.75) is 18.8 Å². The van der Waals surface area contributed by atoms with Crippen molar-refractivity contribution in [1.29, 1.82) is 0 Å². The highest BCUT2D eigenvalue weighted by molar-refractivity contribution is 5.78. The molecule has 1 atom stereocenters. The molecule has 0 N–H and O–H groups in total. The van der Waals surface area contributed by atoms with E-state index >= 15 is 0 Å². The molecule has 1 fully saturated rings. The number of piperidine rings is 1. The minimum absolute atomic E-state index is 0.0883. The van der Waals surface area contributed by atoms with Gasteiger partial charge in [0.15, 0.2) is 23.8 Å². The lowest BCUT2D eigenvalue weighted by atomic mass is 9.94. The second-order valence-corrected chi connectivity index (χ2v) is 6.64. The number of amides is 1. The number of fused-ring (bicyclic) bond motifs is 1. The molecule has 140 valence electrons. The maximum Gasteiger partial charge on any atom is 0.260 e. The number of aryl methyl sites for hydroxylation is 1. The quantitative estimate of drug-likeness (QED) is 0.705. The van der Waals surface area contributed by atoms with E-state index in [1.807, 2.05) is 7.05 Å². The molecule has 0 bridgehead atoms. The van der Waals surface area contributed by atoms with Crippen LogP contribution in [0.1, 0.15) is 24.5 Å². The van der Waals surface area contributed by atoms with E-state index in [2.05, 4.69) is 15.1 Å².